The van der Waals surface area contributed by atoms with Crippen LogP contribution in [0.15, 0.2) is 71.7 Å². The van der Waals surface area contributed by atoms with Gasteiger partial charge < -0.3 is 25.0 Å². The molecule has 2 aromatic carbocycles. The van der Waals surface area contributed by atoms with Crippen LogP contribution in [0.2, 0.25) is 0 Å². The molecule has 0 amide bonds. The molecule has 0 saturated carbocycles. The van der Waals surface area contributed by atoms with E-state index in [1.54, 1.807) is 20.0 Å². The summed E-state index contributed by atoms with van der Waals surface area (Å²) in [5.41, 5.74) is 3.36. The van der Waals surface area contributed by atoms with E-state index in [0.29, 0.717) is 11.2 Å². The van der Waals surface area contributed by atoms with Crippen LogP contribution >= 0.6 is 0 Å². The Morgan fingerprint density at radius 2 is 1.74 bits per heavy atom. The Hall–Kier alpha value is -3.68. The number of benzene rings is 2. The molecule has 0 radical (unpaired) electrons. The second-order valence-electron chi connectivity index (χ2n) is 9.03. The lowest BCUT2D eigenvalue weighted by Crippen LogP contribution is -2.36. The van der Waals surface area contributed by atoms with Gasteiger partial charge in [0.2, 0.25) is 0 Å². The van der Waals surface area contributed by atoms with E-state index in [4.69, 9.17) is 9.72 Å². The Labute approximate surface area is 198 Å². The summed E-state index contributed by atoms with van der Waals surface area (Å²) in [7, 11) is 0. The summed E-state index contributed by atoms with van der Waals surface area (Å²) >= 11 is 0. The van der Waals surface area contributed by atoms with Crippen LogP contribution in [0.1, 0.15) is 19.4 Å². The lowest BCUT2D eigenvalue weighted by Gasteiger charge is -2.28. The second-order valence-corrected chi connectivity index (χ2v) is 9.03. The van der Waals surface area contributed by atoms with Gasteiger partial charge in [-0.1, -0.05) is 24.3 Å². The van der Waals surface area contributed by atoms with E-state index in [1.807, 2.05) is 48.5 Å². The van der Waals surface area contributed by atoms with Crippen LogP contribution in [0.25, 0.3) is 22.0 Å². The number of pyridine rings is 2. The molecule has 3 heterocycles. The minimum absolute atomic E-state index is 0.193. The van der Waals surface area contributed by atoms with E-state index in [0.717, 1.165) is 59.9 Å². The van der Waals surface area contributed by atoms with Crippen molar-refractivity contribution in [2.24, 2.45) is 0 Å². The van der Waals surface area contributed by atoms with Crippen molar-refractivity contribution in [3.63, 3.8) is 0 Å². The Balaban J connectivity index is 1.50. The fourth-order valence-electron chi connectivity index (χ4n) is 4.22. The van der Waals surface area contributed by atoms with Gasteiger partial charge >= 0.3 is 0 Å². The summed E-state index contributed by atoms with van der Waals surface area (Å²) in [5, 5.41) is 14.9. The lowest BCUT2D eigenvalue weighted by atomic mass is 9.96. The van der Waals surface area contributed by atoms with E-state index >= 15 is 0 Å². The van der Waals surface area contributed by atoms with Gasteiger partial charge in [0.25, 0.3) is 5.56 Å². The Bertz CT molecular complexity index is 1350. The zero-order valence-electron chi connectivity index (χ0n) is 19.3. The average Bonchev–Trinajstić information content (AvgIpc) is 2.84. The number of fused-ring (bicyclic) bond motifs is 1. The van der Waals surface area contributed by atoms with Crippen molar-refractivity contribution in [1.82, 2.24) is 9.97 Å². The molecule has 0 bridgehead atoms. The number of hydrogen-bond acceptors (Lipinski definition) is 6. The number of ether oxygens (including phenoxy) is 1. The van der Waals surface area contributed by atoms with Crippen LogP contribution in [0.3, 0.4) is 0 Å². The van der Waals surface area contributed by atoms with Crippen molar-refractivity contribution in [2.75, 3.05) is 36.5 Å². The summed E-state index contributed by atoms with van der Waals surface area (Å²) in [4.78, 5) is 22.5. The smallest absolute Gasteiger partial charge is 0.259 e. The molecule has 7 nitrogen and oxygen atoms in total. The molecular formula is C27H28N4O3. The summed E-state index contributed by atoms with van der Waals surface area (Å²) in [6.45, 7) is 6.75. The van der Waals surface area contributed by atoms with Crippen LogP contribution in [0.4, 0.5) is 17.2 Å². The van der Waals surface area contributed by atoms with Gasteiger partial charge in [-0.15, -0.1) is 0 Å². The number of nitrogens with zero attached hydrogens (tertiary/aromatic N) is 2. The van der Waals surface area contributed by atoms with Crippen LogP contribution < -0.4 is 15.8 Å². The number of hydrogen-bond donors (Lipinski definition) is 3. The van der Waals surface area contributed by atoms with Crippen molar-refractivity contribution >= 4 is 28.0 Å². The third kappa shape index (κ3) is 4.53. The maximum atomic E-state index is 12.7. The molecule has 5 rings (SSSR count). The minimum atomic E-state index is -0.914. The first-order chi connectivity index (χ1) is 16.4. The number of morpholine rings is 1. The SMILES string of the molecule is CC(C)(O)c1ccc(-c2cc3cc[nH]c(=O)c3c(Nc3ccc(N4CCOCC4)cc3)n2)cc1. The number of H-pyrrole nitrogens is 1. The second kappa shape index (κ2) is 8.93. The quantitative estimate of drug-likeness (QED) is 0.413. The molecule has 2 aromatic heterocycles. The molecule has 174 valence electrons. The van der Waals surface area contributed by atoms with E-state index in [-0.39, 0.29) is 5.56 Å². The highest BCUT2D eigenvalue weighted by atomic mass is 16.5. The fourth-order valence-corrected chi connectivity index (χ4v) is 4.22. The van der Waals surface area contributed by atoms with Crippen LogP contribution in [-0.4, -0.2) is 41.4 Å². The van der Waals surface area contributed by atoms with Crippen LogP contribution in [0, 0.1) is 0 Å². The van der Waals surface area contributed by atoms with Crippen LogP contribution in [0.5, 0.6) is 0 Å². The first-order valence-electron chi connectivity index (χ1n) is 11.4. The van der Waals surface area contributed by atoms with E-state index in [1.165, 1.54) is 0 Å². The van der Waals surface area contributed by atoms with Gasteiger partial charge in [0.1, 0.15) is 5.82 Å². The lowest BCUT2D eigenvalue weighted by molar-refractivity contribution is 0.0786. The normalized spacial score (nSPS) is 14.4. The van der Waals surface area contributed by atoms with Gasteiger partial charge in [0, 0.05) is 36.2 Å². The van der Waals surface area contributed by atoms with Gasteiger partial charge in [0.15, 0.2) is 0 Å². The minimum Gasteiger partial charge on any atom is -0.386 e. The standard InChI is InChI=1S/C27H28N4O3/c1-27(2,33)20-5-3-18(4-6-20)23-17-19-11-12-28-26(32)24(19)25(30-23)29-21-7-9-22(10-8-21)31-13-15-34-16-14-31/h3-12,17,33H,13-16H2,1-2H3,(H,28,32)(H,29,30). The first-order valence-corrected chi connectivity index (χ1v) is 11.4. The Morgan fingerprint density at radius 1 is 1.03 bits per heavy atom. The summed E-state index contributed by atoms with van der Waals surface area (Å²) in [6, 6.07) is 19.6. The predicted molar refractivity (Wildman–Crippen MR) is 136 cm³/mol. The highest BCUT2D eigenvalue weighted by Gasteiger charge is 2.17. The molecule has 3 N–H and O–H groups in total. The molecule has 4 aromatic rings. The van der Waals surface area contributed by atoms with Gasteiger partial charge in [-0.25, -0.2) is 4.98 Å². The predicted octanol–water partition coefficient (Wildman–Crippen LogP) is 4.40. The molecule has 1 saturated heterocycles. The van der Waals surface area contributed by atoms with Crippen LogP contribution in [-0.2, 0) is 10.3 Å². The first kappa shape index (κ1) is 22.1. The number of aromatic amines is 1. The topological polar surface area (TPSA) is 90.5 Å². The molecule has 1 aliphatic heterocycles. The van der Waals surface area contributed by atoms with Crippen molar-refractivity contribution in [3.05, 3.63) is 82.8 Å². The number of aromatic nitrogens is 2. The van der Waals surface area contributed by atoms with E-state index < -0.39 is 5.60 Å². The van der Waals surface area contributed by atoms with E-state index in [2.05, 4.69) is 27.3 Å². The summed E-state index contributed by atoms with van der Waals surface area (Å²) < 4.78 is 5.44. The molecule has 1 aliphatic rings. The van der Waals surface area contributed by atoms with Gasteiger partial charge in [-0.05, 0) is 61.2 Å². The molecule has 0 aliphatic carbocycles. The Morgan fingerprint density at radius 3 is 2.41 bits per heavy atom. The third-order valence-corrected chi connectivity index (χ3v) is 6.15. The third-order valence-electron chi connectivity index (χ3n) is 6.15. The molecule has 0 atom stereocenters. The number of rotatable bonds is 5. The molecule has 0 spiro atoms. The monoisotopic (exact) mass is 456 g/mol. The zero-order valence-corrected chi connectivity index (χ0v) is 19.3. The van der Waals surface area contributed by atoms with E-state index in [9.17, 15) is 9.90 Å². The van der Waals surface area contributed by atoms with Gasteiger partial charge in [-0.3, -0.25) is 4.79 Å². The summed E-state index contributed by atoms with van der Waals surface area (Å²) in [5.74, 6) is 0.500. The zero-order chi connectivity index (χ0) is 23.7. The van der Waals surface area contributed by atoms with Crippen molar-refractivity contribution in [1.29, 1.82) is 0 Å². The number of anilines is 3. The number of aliphatic hydroxyl groups is 1. The molecule has 0 unspecified atom stereocenters. The van der Waals surface area contributed by atoms with Crippen molar-refractivity contribution < 1.29 is 9.84 Å². The molecular weight excluding hydrogens is 428 g/mol. The van der Waals surface area contributed by atoms with Gasteiger partial charge in [0.05, 0.1) is 29.9 Å². The highest BCUT2D eigenvalue weighted by Crippen LogP contribution is 2.30. The van der Waals surface area contributed by atoms with Crippen molar-refractivity contribution in [2.45, 2.75) is 19.4 Å². The highest BCUT2D eigenvalue weighted by molar-refractivity contribution is 5.95. The van der Waals surface area contributed by atoms with Crippen molar-refractivity contribution in [3.8, 4) is 11.3 Å². The maximum Gasteiger partial charge on any atom is 0.259 e. The largest absolute Gasteiger partial charge is 0.386 e. The molecule has 34 heavy (non-hydrogen) atoms. The number of nitrogens with one attached hydrogen (secondary N) is 2. The maximum absolute atomic E-state index is 12.7. The van der Waals surface area contributed by atoms with Gasteiger partial charge in [-0.2, -0.15) is 0 Å². The fraction of sp³-hybridized carbons (Fsp3) is 0.259. The average molecular weight is 457 g/mol. The molecule has 1 fully saturated rings. The Kier molecular flexibility index (Phi) is 5.81. The summed E-state index contributed by atoms with van der Waals surface area (Å²) in [6.07, 6.45) is 1.65. The molecule has 7 heteroatoms.